The molecule has 0 fully saturated rings. The number of aromatic nitrogens is 1. The summed E-state index contributed by atoms with van der Waals surface area (Å²) in [6.07, 6.45) is 0. The monoisotopic (exact) mass is 164 g/mol. The average molecular weight is 164 g/mol. The third-order valence-electron chi connectivity index (χ3n) is 1.24. The first kappa shape index (κ1) is 8.05. The van der Waals surface area contributed by atoms with Gasteiger partial charge in [0.25, 0.3) is 0 Å². The molecular weight excluding hydrogens is 156 g/mol. The topological polar surface area (TPSA) is 25.2 Å². The van der Waals surface area contributed by atoms with E-state index in [0.29, 0.717) is 0 Å². The average Bonchev–Trinajstić information content (AvgIpc) is 1.85. The van der Waals surface area contributed by atoms with Crippen molar-refractivity contribution in [2.45, 2.75) is 13.8 Å². The Morgan fingerprint density at radius 1 is 1.36 bits per heavy atom. The molecule has 1 heterocycles. The maximum atomic E-state index is 4.48. The molecule has 2 nitrogen and oxygen atoms in total. The molecule has 0 aliphatic heterocycles. The highest BCUT2D eigenvalue weighted by Crippen LogP contribution is 2.12. The Morgan fingerprint density at radius 2 is 1.91 bits per heavy atom. The van der Waals surface area contributed by atoms with E-state index >= 15 is 0 Å². The van der Waals surface area contributed by atoms with Crippen LogP contribution in [0.3, 0.4) is 0 Å². The highest BCUT2D eigenvalue weighted by atomic mass is 32.1. The van der Waals surface area contributed by atoms with Crippen molar-refractivity contribution in [2.24, 2.45) is 4.99 Å². The fraction of sp³-hybridized carbons (Fsp3) is 0.250. The molecule has 1 aromatic rings. The van der Waals surface area contributed by atoms with Crippen molar-refractivity contribution in [1.82, 2.24) is 4.98 Å². The summed E-state index contributed by atoms with van der Waals surface area (Å²) < 4.78 is 0. The zero-order valence-electron chi connectivity index (χ0n) is 6.46. The Labute approximate surface area is 71.0 Å². The maximum absolute atomic E-state index is 4.48. The van der Waals surface area contributed by atoms with Crippen LogP contribution in [-0.2, 0) is 0 Å². The number of aliphatic imine (C=N–C) groups is 1. The van der Waals surface area contributed by atoms with E-state index in [1.165, 1.54) is 0 Å². The predicted molar refractivity (Wildman–Crippen MR) is 48.4 cm³/mol. The Balaban J connectivity index is 3.18. The quantitative estimate of drug-likeness (QED) is 0.470. The summed E-state index contributed by atoms with van der Waals surface area (Å²) in [7, 11) is 0. The zero-order valence-corrected chi connectivity index (χ0v) is 7.27. The van der Waals surface area contributed by atoms with Crippen LogP contribution >= 0.6 is 12.2 Å². The van der Waals surface area contributed by atoms with Crippen molar-refractivity contribution in [3.05, 3.63) is 23.5 Å². The molecule has 0 aliphatic carbocycles. The van der Waals surface area contributed by atoms with Gasteiger partial charge < -0.3 is 0 Å². The molecule has 0 aliphatic rings. The van der Waals surface area contributed by atoms with Crippen molar-refractivity contribution in [1.29, 1.82) is 0 Å². The van der Waals surface area contributed by atoms with E-state index < -0.39 is 0 Å². The van der Waals surface area contributed by atoms with Gasteiger partial charge in [0.15, 0.2) is 0 Å². The minimum absolute atomic E-state index is 0.824. The lowest BCUT2D eigenvalue weighted by atomic mass is 10.3. The van der Waals surface area contributed by atoms with Crippen LogP contribution in [-0.4, -0.2) is 10.1 Å². The highest BCUT2D eigenvalue weighted by molar-refractivity contribution is 7.78. The number of thiocarbonyl (C=S) groups is 1. The fourth-order valence-electron chi connectivity index (χ4n) is 0.930. The molecular formula is C8H8N2S. The minimum Gasteiger partial charge on any atom is -0.258 e. The summed E-state index contributed by atoms with van der Waals surface area (Å²) in [6, 6.07) is 3.73. The van der Waals surface area contributed by atoms with Gasteiger partial charge in [-0.15, -0.1) is 0 Å². The number of hydrogen-bond acceptors (Lipinski definition) is 3. The zero-order chi connectivity index (χ0) is 8.27. The maximum Gasteiger partial charge on any atom is 0.0775 e. The summed E-state index contributed by atoms with van der Waals surface area (Å²) >= 11 is 4.48. The summed E-state index contributed by atoms with van der Waals surface area (Å²) in [5.74, 6) is 0. The van der Waals surface area contributed by atoms with E-state index in [-0.39, 0.29) is 0 Å². The largest absolute Gasteiger partial charge is 0.258 e. The number of aryl methyl sites for hydroxylation is 2. The van der Waals surface area contributed by atoms with Gasteiger partial charge in [-0.3, -0.25) is 4.98 Å². The first-order chi connectivity index (χ1) is 5.22. The van der Waals surface area contributed by atoms with Crippen LogP contribution in [0, 0.1) is 13.8 Å². The summed E-state index contributed by atoms with van der Waals surface area (Å²) in [5, 5.41) is 2.32. The van der Waals surface area contributed by atoms with Gasteiger partial charge >= 0.3 is 0 Å². The van der Waals surface area contributed by atoms with Crippen molar-refractivity contribution < 1.29 is 0 Å². The van der Waals surface area contributed by atoms with E-state index in [1.54, 1.807) is 0 Å². The van der Waals surface area contributed by atoms with E-state index in [1.807, 2.05) is 26.0 Å². The van der Waals surface area contributed by atoms with Gasteiger partial charge in [0.1, 0.15) is 0 Å². The summed E-state index contributed by atoms with van der Waals surface area (Å²) in [4.78, 5) is 8.05. The molecule has 0 N–H and O–H groups in total. The molecule has 0 spiro atoms. The van der Waals surface area contributed by atoms with Crippen molar-refractivity contribution >= 4 is 23.1 Å². The Bertz CT molecular complexity index is 294. The molecule has 1 aromatic heterocycles. The Kier molecular flexibility index (Phi) is 2.47. The van der Waals surface area contributed by atoms with E-state index in [4.69, 9.17) is 0 Å². The van der Waals surface area contributed by atoms with Gasteiger partial charge in [-0.2, -0.15) is 4.99 Å². The van der Waals surface area contributed by atoms with Crippen LogP contribution in [0.2, 0.25) is 0 Å². The van der Waals surface area contributed by atoms with Crippen LogP contribution in [0.25, 0.3) is 0 Å². The molecule has 0 bridgehead atoms. The minimum atomic E-state index is 0.824. The van der Waals surface area contributed by atoms with Crippen molar-refractivity contribution in [3.63, 3.8) is 0 Å². The number of rotatable bonds is 1. The molecule has 11 heavy (non-hydrogen) atoms. The number of pyridine rings is 1. The standard InChI is InChI=1S/C8H8N2S/c1-6-3-8(9-5-11)4-7(2)10-6/h3-4H,1-2H3. The van der Waals surface area contributed by atoms with Crippen LogP contribution in [0.5, 0.6) is 0 Å². The van der Waals surface area contributed by atoms with Crippen LogP contribution in [0.1, 0.15) is 11.4 Å². The van der Waals surface area contributed by atoms with Gasteiger partial charge in [0, 0.05) is 11.4 Å². The molecule has 3 heteroatoms. The van der Waals surface area contributed by atoms with Gasteiger partial charge in [-0.25, -0.2) is 0 Å². The van der Waals surface area contributed by atoms with Crippen molar-refractivity contribution in [3.8, 4) is 0 Å². The Hall–Kier alpha value is -1.05. The predicted octanol–water partition coefficient (Wildman–Crippen LogP) is 2.43. The molecule has 0 saturated heterocycles. The molecule has 0 amide bonds. The number of hydrogen-bond donors (Lipinski definition) is 0. The first-order valence-corrected chi connectivity index (χ1v) is 3.66. The van der Waals surface area contributed by atoms with E-state index in [0.717, 1.165) is 17.1 Å². The van der Waals surface area contributed by atoms with E-state index in [2.05, 4.69) is 27.4 Å². The lowest BCUT2D eigenvalue weighted by molar-refractivity contribution is 1.12. The van der Waals surface area contributed by atoms with Crippen LogP contribution in [0.15, 0.2) is 17.1 Å². The molecule has 0 aromatic carbocycles. The van der Waals surface area contributed by atoms with Gasteiger partial charge in [0.2, 0.25) is 0 Å². The molecule has 0 radical (unpaired) electrons. The lowest BCUT2D eigenvalue weighted by Gasteiger charge is -1.96. The Morgan fingerprint density at radius 3 is 2.36 bits per heavy atom. The third kappa shape index (κ3) is 2.22. The molecule has 0 unspecified atom stereocenters. The van der Waals surface area contributed by atoms with Gasteiger partial charge in [-0.05, 0) is 38.2 Å². The molecule has 0 atom stereocenters. The molecule has 0 saturated carbocycles. The summed E-state index contributed by atoms with van der Waals surface area (Å²) in [5.41, 5.74) is 2.73. The highest BCUT2D eigenvalue weighted by Gasteiger charge is 1.92. The van der Waals surface area contributed by atoms with Crippen LogP contribution in [0.4, 0.5) is 5.69 Å². The lowest BCUT2D eigenvalue weighted by Crippen LogP contribution is -1.83. The number of nitrogens with zero attached hydrogens (tertiary/aromatic N) is 2. The fourth-order valence-corrected chi connectivity index (χ4v) is 1.04. The smallest absolute Gasteiger partial charge is 0.0775 e. The second-order valence-electron chi connectivity index (χ2n) is 2.31. The van der Waals surface area contributed by atoms with Crippen LogP contribution < -0.4 is 0 Å². The molecule has 1 rings (SSSR count). The second-order valence-corrected chi connectivity index (χ2v) is 2.49. The van der Waals surface area contributed by atoms with Crippen molar-refractivity contribution in [2.75, 3.05) is 0 Å². The first-order valence-electron chi connectivity index (χ1n) is 3.25. The van der Waals surface area contributed by atoms with Gasteiger partial charge in [0.05, 0.1) is 10.8 Å². The normalized spacial score (nSPS) is 8.91. The molecule has 56 valence electrons. The second kappa shape index (κ2) is 3.37. The SMILES string of the molecule is Cc1cc(N=C=S)cc(C)n1. The van der Waals surface area contributed by atoms with Gasteiger partial charge in [-0.1, -0.05) is 0 Å². The third-order valence-corrected chi connectivity index (χ3v) is 1.33. The number of isothiocyanates is 1. The van der Waals surface area contributed by atoms with E-state index in [9.17, 15) is 0 Å². The summed E-state index contributed by atoms with van der Waals surface area (Å²) in [6.45, 7) is 3.85.